The lowest BCUT2D eigenvalue weighted by molar-refractivity contribution is -0.113. The van der Waals surface area contributed by atoms with Crippen LogP contribution in [0.1, 0.15) is 28.8 Å². The molecule has 0 bridgehead atoms. The van der Waals surface area contributed by atoms with Gasteiger partial charge in [-0.2, -0.15) is 0 Å². The number of aliphatic hydroxyl groups is 1. The van der Waals surface area contributed by atoms with Gasteiger partial charge in [0.1, 0.15) is 0 Å². The van der Waals surface area contributed by atoms with Gasteiger partial charge in [-0.1, -0.05) is 30.3 Å². The van der Waals surface area contributed by atoms with Crippen LogP contribution in [0.2, 0.25) is 0 Å². The van der Waals surface area contributed by atoms with Crippen LogP contribution in [0.4, 0.5) is 0 Å². The quantitative estimate of drug-likeness (QED) is 0.839. The average molecular weight is 243 g/mol. The Hall–Kier alpha value is -1.71. The highest BCUT2D eigenvalue weighted by Gasteiger charge is 2.10. The van der Waals surface area contributed by atoms with Crippen LogP contribution in [-0.4, -0.2) is 10.1 Å². The number of aryl methyl sites for hydroxylation is 2. The van der Waals surface area contributed by atoms with Crippen molar-refractivity contribution in [1.82, 2.24) is 4.98 Å². The fourth-order valence-electron chi connectivity index (χ4n) is 1.80. The van der Waals surface area contributed by atoms with Gasteiger partial charge >= 0.3 is 0 Å². The highest BCUT2D eigenvalue weighted by Crippen LogP contribution is 2.19. The van der Waals surface area contributed by atoms with Gasteiger partial charge in [-0.15, -0.1) is 0 Å². The minimum Gasteiger partial charge on any atom is -0.364 e. The molecule has 1 heterocycles. The summed E-state index contributed by atoms with van der Waals surface area (Å²) in [6, 6.07) is 13.4. The van der Waals surface area contributed by atoms with Gasteiger partial charge in [0.25, 0.3) is 0 Å². The van der Waals surface area contributed by atoms with Crippen molar-refractivity contribution in [1.29, 1.82) is 0 Å². The number of hydrogen-bond donors (Lipinski definition) is 1. The molecule has 0 aliphatic rings. The lowest BCUT2D eigenvalue weighted by Gasteiger charge is -2.14. The standard InChI is InChI=1S/C15H17NO2/c1-11-6-3-4-9-14(11)15(17)18-10-13-8-5-7-12(2)16-13/h3-9,15,17H,10H2,1-2H3. The van der Waals surface area contributed by atoms with Gasteiger partial charge in [0, 0.05) is 11.3 Å². The molecule has 94 valence electrons. The first-order valence-corrected chi connectivity index (χ1v) is 5.94. The van der Waals surface area contributed by atoms with E-state index in [1.807, 2.05) is 56.3 Å². The van der Waals surface area contributed by atoms with Crippen molar-refractivity contribution in [3.8, 4) is 0 Å². The second-order valence-electron chi connectivity index (χ2n) is 4.29. The van der Waals surface area contributed by atoms with Crippen LogP contribution in [0.5, 0.6) is 0 Å². The molecule has 18 heavy (non-hydrogen) atoms. The van der Waals surface area contributed by atoms with Crippen molar-refractivity contribution in [3.63, 3.8) is 0 Å². The first-order chi connectivity index (χ1) is 8.66. The van der Waals surface area contributed by atoms with E-state index in [1.165, 1.54) is 0 Å². The SMILES string of the molecule is Cc1cccc(COC(O)c2ccccc2C)n1. The van der Waals surface area contributed by atoms with Gasteiger partial charge < -0.3 is 9.84 Å². The Morgan fingerprint density at radius 2 is 1.89 bits per heavy atom. The summed E-state index contributed by atoms with van der Waals surface area (Å²) in [4.78, 5) is 4.33. The third-order valence-electron chi connectivity index (χ3n) is 2.79. The van der Waals surface area contributed by atoms with Crippen LogP contribution in [0.3, 0.4) is 0 Å². The maximum Gasteiger partial charge on any atom is 0.181 e. The topological polar surface area (TPSA) is 42.4 Å². The van der Waals surface area contributed by atoms with Gasteiger partial charge in [0.15, 0.2) is 6.29 Å². The monoisotopic (exact) mass is 243 g/mol. The van der Waals surface area contributed by atoms with Gasteiger partial charge in [0.2, 0.25) is 0 Å². The molecule has 0 saturated carbocycles. The van der Waals surface area contributed by atoms with E-state index in [4.69, 9.17) is 4.74 Å². The van der Waals surface area contributed by atoms with Crippen molar-refractivity contribution < 1.29 is 9.84 Å². The molecule has 1 N–H and O–H groups in total. The second-order valence-corrected chi connectivity index (χ2v) is 4.29. The van der Waals surface area contributed by atoms with E-state index in [1.54, 1.807) is 0 Å². The minimum atomic E-state index is -0.909. The summed E-state index contributed by atoms with van der Waals surface area (Å²) in [6.07, 6.45) is -0.909. The Labute approximate surface area is 107 Å². The van der Waals surface area contributed by atoms with E-state index >= 15 is 0 Å². The maximum absolute atomic E-state index is 9.98. The number of aromatic nitrogens is 1. The molecule has 1 aromatic carbocycles. The van der Waals surface area contributed by atoms with Gasteiger partial charge in [-0.05, 0) is 31.5 Å². The molecular weight excluding hydrogens is 226 g/mol. The van der Waals surface area contributed by atoms with Gasteiger partial charge in [0.05, 0.1) is 12.3 Å². The predicted molar refractivity (Wildman–Crippen MR) is 69.9 cm³/mol. The first kappa shape index (κ1) is 12.7. The normalized spacial score (nSPS) is 12.4. The summed E-state index contributed by atoms with van der Waals surface area (Å²) < 4.78 is 5.44. The molecule has 0 aliphatic carbocycles. The zero-order valence-electron chi connectivity index (χ0n) is 10.6. The van der Waals surface area contributed by atoms with E-state index in [2.05, 4.69) is 4.98 Å². The van der Waals surface area contributed by atoms with Gasteiger partial charge in [-0.25, -0.2) is 0 Å². The number of rotatable bonds is 4. The summed E-state index contributed by atoms with van der Waals surface area (Å²) in [5.41, 5.74) is 3.58. The molecule has 0 fully saturated rings. The van der Waals surface area contributed by atoms with Crippen molar-refractivity contribution in [2.45, 2.75) is 26.7 Å². The molecule has 2 aromatic rings. The Kier molecular flexibility index (Phi) is 4.07. The number of benzene rings is 1. The number of ether oxygens (including phenoxy) is 1. The molecule has 2 rings (SSSR count). The third-order valence-corrected chi connectivity index (χ3v) is 2.79. The van der Waals surface area contributed by atoms with Crippen LogP contribution >= 0.6 is 0 Å². The summed E-state index contributed by atoms with van der Waals surface area (Å²) in [5, 5.41) is 9.98. The number of hydrogen-bond acceptors (Lipinski definition) is 3. The van der Waals surface area contributed by atoms with Crippen LogP contribution in [0.25, 0.3) is 0 Å². The van der Waals surface area contributed by atoms with E-state index in [9.17, 15) is 5.11 Å². The van der Waals surface area contributed by atoms with Crippen molar-refractivity contribution in [2.75, 3.05) is 0 Å². The molecule has 0 radical (unpaired) electrons. The maximum atomic E-state index is 9.98. The van der Waals surface area contributed by atoms with E-state index in [0.717, 1.165) is 22.5 Å². The van der Waals surface area contributed by atoms with E-state index in [0.29, 0.717) is 6.61 Å². The fraction of sp³-hybridized carbons (Fsp3) is 0.267. The lowest BCUT2D eigenvalue weighted by Crippen LogP contribution is -2.06. The number of nitrogens with zero attached hydrogens (tertiary/aromatic N) is 1. The zero-order chi connectivity index (χ0) is 13.0. The molecule has 0 spiro atoms. The summed E-state index contributed by atoms with van der Waals surface area (Å²) in [7, 11) is 0. The summed E-state index contributed by atoms with van der Waals surface area (Å²) in [5.74, 6) is 0. The molecule has 1 unspecified atom stereocenters. The largest absolute Gasteiger partial charge is 0.364 e. The fourth-order valence-corrected chi connectivity index (χ4v) is 1.80. The first-order valence-electron chi connectivity index (χ1n) is 5.94. The Morgan fingerprint density at radius 1 is 1.11 bits per heavy atom. The van der Waals surface area contributed by atoms with Crippen molar-refractivity contribution in [2.24, 2.45) is 0 Å². The van der Waals surface area contributed by atoms with Crippen LogP contribution < -0.4 is 0 Å². The Morgan fingerprint density at radius 3 is 2.61 bits per heavy atom. The Balaban J connectivity index is 2.00. The lowest BCUT2D eigenvalue weighted by atomic mass is 10.1. The van der Waals surface area contributed by atoms with Crippen molar-refractivity contribution >= 4 is 0 Å². The number of aliphatic hydroxyl groups excluding tert-OH is 1. The number of pyridine rings is 1. The Bertz CT molecular complexity index is 525. The molecule has 0 saturated heterocycles. The second kappa shape index (κ2) is 5.76. The van der Waals surface area contributed by atoms with Crippen LogP contribution in [0.15, 0.2) is 42.5 Å². The highest BCUT2D eigenvalue weighted by atomic mass is 16.6. The van der Waals surface area contributed by atoms with Gasteiger partial charge in [-0.3, -0.25) is 4.98 Å². The zero-order valence-corrected chi connectivity index (χ0v) is 10.6. The minimum absolute atomic E-state index is 0.303. The van der Waals surface area contributed by atoms with Crippen molar-refractivity contribution in [3.05, 3.63) is 65.0 Å². The predicted octanol–water partition coefficient (Wildman–Crippen LogP) is 2.91. The molecular formula is C15H17NO2. The van der Waals surface area contributed by atoms with Crippen LogP contribution in [0, 0.1) is 13.8 Å². The third kappa shape index (κ3) is 3.15. The molecule has 3 nitrogen and oxygen atoms in total. The molecule has 1 aromatic heterocycles. The summed E-state index contributed by atoms with van der Waals surface area (Å²) >= 11 is 0. The average Bonchev–Trinajstić information content (AvgIpc) is 2.37. The molecule has 3 heteroatoms. The van der Waals surface area contributed by atoms with Crippen LogP contribution in [-0.2, 0) is 11.3 Å². The molecule has 0 aliphatic heterocycles. The smallest absolute Gasteiger partial charge is 0.181 e. The summed E-state index contributed by atoms with van der Waals surface area (Å²) in [6.45, 7) is 4.19. The van der Waals surface area contributed by atoms with E-state index in [-0.39, 0.29) is 0 Å². The molecule has 1 atom stereocenters. The molecule has 0 amide bonds. The highest BCUT2D eigenvalue weighted by molar-refractivity contribution is 5.26. The van der Waals surface area contributed by atoms with E-state index < -0.39 is 6.29 Å².